The van der Waals surface area contributed by atoms with Crippen molar-refractivity contribution in [2.75, 3.05) is 26.6 Å². The van der Waals surface area contributed by atoms with Crippen molar-refractivity contribution in [1.29, 1.82) is 0 Å². The van der Waals surface area contributed by atoms with Crippen LogP contribution in [0.25, 0.3) is 0 Å². The van der Waals surface area contributed by atoms with Gasteiger partial charge in [-0.1, -0.05) is 13.8 Å². The van der Waals surface area contributed by atoms with Crippen molar-refractivity contribution >= 4 is 5.97 Å². The van der Waals surface area contributed by atoms with Crippen molar-refractivity contribution in [3.05, 3.63) is 0 Å². The molecule has 0 spiro atoms. The van der Waals surface area contributed by atoms with Crippen LogP contribution in [0.3, 0.4) is 0 Å². The molecule has 0 amide bonds. The van der Waals surface area contributed by atoms with Crippen LogP contribution in [0.5, 0.6) is 0 Å². The molecule has 0 aromatic carbocycles. The van der Waals surface area contributed by atoms with Gasteiger partial charge in [-0.3, -0.25) is 4.79 Å². The lowest BCUT2D eigenvalue weighted by atomic mass is 9.88. The highest BCUT2D eigenvalue weighted by Gasteiger charge is 2.47. The highest BCUT2D eigenvalue weighted by Crippen LogP contribution is 2.32. The second-order valence-corrected chi connectivity index (χ2v) is 8.26. The Morgan fingerprint density at radius 1 is 1.21 bits per heavy atom. The Labute approximate surface area is 165 Å². The lowest BCUT2D eigenvalue weighted by Gasteiger charge is -2.39. The molecule has 162 valence electrons. The van der Waals surface area contributed by atoms with Gasteiger partial charge in [0.25, 0.3) is 0 Å². The van der Waals surface area contributed by atoms with Crippen molar-refractivity contribution in [2.45, 2.75) is 77.2 Å². The molecule has 0 aromatic heterocycles. The number of aliphatic hydroxyl groups excluding tert-OH is 1. The van der Waals surface area contributed by atoms with Crippen molar-refractivity contribution in [2.24, 2.45) is 11.8 Å². The van der Waals surface area contributed by atoms with Crippen LogP contribution in [-0.2, 0) is 38.0 Å². The van der Waals surface area contributed by atoms with E-state index in [9.17, 15) is 9.90 Å². The Bertz CT molecular complexity index is 539. The maximum Gasteiger partial charge on any atom is 0.303 e. The van der Waals surface area contributed by atoms with Crippen LogP contribution < -0.4 is 0 Å². The van der Waals surface area contributed by atoms with E-state index in [0.717, 1.165) is 0 Å². The molecular weight excluding hydrogens is 372 g/mol. The first kappa shape index (κ1) is 21.9. The predicted molar refractivity (Wildman–Crippen MR) is 95.1 cm³/mol. The van der Waals surface area contributed by atoms with E-state index >= 15 is 0 Å². The molecule has 3 rings (SSSR count). The van der Waals surface area contributed by atoms with Crippen molar-refractivity contribution < 1.29 is 43.1 Å². The summed E-state index contributed by atoms with van der Waals surface area (Å²) in [5.41, 5.74) is 0. The zero-order chi connectivity index (χ0) is 20.5. The summed E-state index contributed by atoms with van der Waals surface area (Å²) in [6, 6.07) is 0. The molecule has 0 unspecified atom stereocenters. The van der Waals surface area contributed by atoms with E-state index in [2.05, 4.69) is 0 Å². The van der Waals surface area contributed by atoms with Crippen LogP contribution >= 0.6 is 0 Å². The summed E-state index contributed by atoms with van der Waals surface area (Å²) < 4.78 is 39.5. The van der Waals surface area contributed by atoms with Gasteiger partial charge in [0.1, 0.15) is 31.2 Å². The molecule has 3 aliphatic heterocycles. The zero-order valence-electron chi connectivity index (χ0n) is 17.2. The fraction of sp³-hybridized carbons (Fsp3) is 0.947. The summed E-state index contributed by atoms with van der Waals surface area (Å²) in [6.45, 7) is 9.92. The number of ether oxygens (including phenoxy) is 7. The second-order valence-electron chi connectivity index (χ2n) is 8.26. The molecule has 3 aliphatic rings. The fourth-order valence-electron chi connectivity index (χ4n) is 3.76. The van der Waals surface area contributed by atoms with Crippen LogP contribution in [0, 0.1) is 11.8 Å². The minimum absolute atomic E-state index is 0.0506. The molecule has 3 fully saturated rings. The van der Waals surface area contributed by atoms with Crippen molar-refractivity contribution in [3.63, 3.8) is 0 Å². The number of esters is 1. The molecule has 0 aliphatic carbocycles. The second kappa shape index (κ2) is 8.91. The highest BCUT2D eigenvalue weighted by molar-refractivity contribution is 5.66. The monoisotopic (exact) mass is 404 g/mol. The molecule has 0 radical (unpaired) electrons. The molecular formula is C19H32O9. The largest absolute Gasteiger partial charge is 0.457 e. The van der Waals surface area contributed by atoms with E-state index in [0.29, 0.717) is 13.2 Å². The maximum atomic E-state index is 11.5. The van der Waals surface area contributed by atoms with Crippen LogP contribution in [0.15, 0.2) is 0 Å². The number of hydrogen-bond donors (Lipinski definition) is 1. The Morgan fingerprint density at radius 2 is 1.96 bits per heavy atom. The molecule has 0 saturated carbocycles. The number of hydrogen-bond acceptors (Lipinski definition) is 9. The molecule has 3 saturated heterocycles. The van der Waals surface area contributed by atoms with E-state index in [-0.39, 0.29) is 31.3 Å². The van der Waals surface area contributed by atoms with E-state index in [1.165, 1.54) is 6.92 Å². The maximum absolute atomic E-state index is 11.5. The standard InChI is InChI=1S/C19H32O9/c1-10-6-22-18(15(11(10)2)27-12(3)20)23-7-13(21)16-17(25-9-24-16)14-8-26-19(4,5)28-14/h10-11,13-18,21H,6-9H2,1-5H3/t10-,11+,13-,14-,15-,16-,17-,18+/m1/s1. The molecule has 28 heavy (non-hydrogen) atoms. The third kappa shape index (κ3) is 5.02. The third-order valence-electron chi connectivity index (χ3n) is 5.56. The van der Waals surface area contributed by atoms with E-state index in [1.54, 1.807) is 0 Å². The number of carbonyl (C=O) groups is 1. The first-order valence-electron chi connectivity index (χ1n) is 9.81. The highest BCUT2D eigenvalue weighted by atomic mass is 16.8. The van der Waals surface area contributed by atoms with Gasteiger partial charge in [0.15, 0.2) is 18.2 Å². The van der Waals surface area contributed by atoms with Crippen molar-refractivity contribution in [1.82, 2.24) is 0 Å². The van der Waals surface area contributed by atoms with E-state index in [1.807, 2.05) is 27.7 Å². The zero-order valence-corrected chi connectivity index (χ0v) is 17.2. The molecule has 3 heterocycles. The van der Waals surface area contributed by atoms with Crippen LogP contribution in [0.4, 0.5) is 0 Å². The van der Waals surface area contributed by atoms with Gasteiger partial charge >= 0.3 is 5.97 Å². The lowest BCUT2D eigenvalue weighted by molar-refractivity contribution is -0.259. The lowest BCUT2D eigenvalue weighted by Crippen LogP contribution is -2.50. The Balaban J connectivity index is 1.56. The summed E-state index contributed by atoms with van der Waals surface area (Å²) in [7, 11) is 0. The average molecular weight is 404 g/mol. The topological polar surface area (TPSA) is 102 Å². The van der Waals surface area contributed by atoms with Gasteiger partial charge in [-0.15, -0.1) is 0 Å². The first-order chi connectivity index (χ1) is 13.2. The smallest absolute Gasteiger partial charge is 0.303 e. The van der Waals surface area contributed by atoms with Crippen LogP contribution in [0.2, 0.25) is 0 Å². The summed E-state index contributed by atoms with van der Waals surface area (Å²) in [5.74, 6) is -0.780. The summed E-state index contributed by atoms with van der Waals surface area (Å²) in [4.78, 5) is 11.5. The SMILES string of the molecule is CC(=O)O[C@H]1[C@H](OC[C@@H](O)[C@H]2OCO[C@@H]2[C@H]2COC(C)(C)O2)OC[C@@H](C)[C@@H]1C. The first-order valence-corrected chi connectivity index (χ1v) is 9.81. The number of carbonyl (C=O) groups excluding carboxylic acids is 1. The molecule has 9 nitrogen and oxygen atoms in total. The normalized spacial score (nSPS) is 41.7. The Morgan fingerprint density at radius 3 is 2.61 bits per heavy atom. The van der Waals surface area contributed by atoms with Gasteiger partial charge in [-0.05, 0) is 19.8 Å². The molecule has 0 aromatic rings. The van der Waals surface area contributed by atoms with Crippen molar-refractivity contribution in [3.8, 4) is 0 Å². The minimum Gasteiger partial charge on any atom is -0.457 e. The molecule has 9 heteroatoms. The van der Waals surface area contributed by atoms with Gasteiger partial charge in [-0.25, -0.2) is 0 Å². The predicted octanol–water partition coefficient (Wildman–Crippen LogP) is 0.817. The van der Waals surface area contributed by atoms with Crippen LogP contribution in [-0.4, -0.2) is 80.3 Å². The number of rotatable bonds is 6. The third-order valence-corrected chi connectivity index (χ3v) is 5.56. The van der Waals surface area contributed by atoms with Gasteiger partial charge < -0.3 is 38.3 Å². The van der Waals surface area contributed by atoms with Gasteiger partial charge in [-0.2, -0.15) is 0 Å². The Kier molecular flexibility index (Phi) is 6.96. The molecule has 0 bridgehead atoms. The van der Waals surface area contributed by atoms with Crippen LogP contribution in [0.1, 0.15) is 34.6 Å². The van der Waals surface area contributed by atoms with Gasteiger partial charge in [0, 0.05) is 12.8 Å². The average Bonchev–Trinajstić information content (AvgIpc) is 3.24. The van der Waals surface area contributed by atoms with Gasteiger partial charge in [0.2, 0.25) is 0 Å². The summed E-state index contributed by atoms with van der Waals surface area (Å²) in [5, 5.41) is 10.6. The summed E-state index contributed by atoms with van der Waals surface area (Å²) in [6.07, 6.45) is -3.65. The quantitative estimate of drug-likeness (QED) is 0.645. The van der Waals surface area contributed by atoms with E-state index in [4.69, 9.17) is 33.2 Å². The number of aliphatic hydroxyl groups is 1. The molecule has 8 atom stereocenters. The fourth-order valence-corrected chi connectivity index (χ4v) is 3.76. The molecule has 1 N–H and O–H groups in total. The van der Waals surface area contributed by atoms with Gasteiger partial charge in [0.05, 0.1) is 19.8 Å². The minimum atomic E-state index is -0.962. The summed E-state index contributed by atoms with van der Waals surface area (Å²) >= 11 is 0. The Hall–Kier alpha value is -0.810. The van der Waals surface area contributed by atoms with E-state index < -0.39 is 42.5 Å².